The molecule has 19 heavy (non-hydrogen) atoms. The summed E-state index contributed by atoms with van der Waals surface area (Å²) in [6.07, 6.45) is -5.72. The van der Waals surface area contributed by atoms with Gasteiger partial charge in [-0.05, 0) is 22.0 Å². The molecule has 4 nitrogen and oxygen atoms in total. The van der Waals surface area contributed by atoms with Crippen molar-refractivity contribution < 1.29 is 31.6 Å². The second kappa shape index (κ2) is 5.27. The average molecular weight is 350 g/mol. The Morgan fingerprint density at radius 2 is 1.84 bits per heavy atom. The number of nitrogens with zero attached hydrogens (tertiary/aromatic N) is 1. The molecular weight excluding hydrogens is 345 g/mol. The van der Waals surface area contributed by atoms with E-state index in [1.165, 1.54) is 0 Å². The molecule has 0 aliphatic carbocycles. The Kier molecular flexibility index (Phi) is 4.33. The molecule has 0 heterocycles. The van der Waals surface area contributed by atoms with E-state index in [1.54, 1.807) is 0 Å². The van der Waals surface area contributed by atoms with Crippen molar-refractivity contribution >= 4 is 21.6 Å². The zero-order valence-electron chi connectivity index (χ0n) is 8.88. The van der Waals surface area contributed by atoms with Gasteiger partial charge < -0.3 is 4.74 Å². The number of hydrogen-bond donors (Lipinski definition) is 0. The standard InChI is InChI=1S/C9H5BrF5NO3/c10-6-3-5(16(17)18)1-2-7(6)19-4-8(11,12)9(13,14)15/h1-3H,4H2. The van der Waals surface area contributed by atoms with Crippen molar-refractivity contribution in [2.24, 2.45) is 0 Å². The molecule has 0 aliphatic rings. The second-order valence-corrected chi connectivity index (χ2v) is 4.22. The number of rotatable bonds is 4. The van der Waals surface area contributed by atoms with Crippen LogP contribution in [0.25, 0.3) is 0 Å². The van der Waals surface area contributed by atoms with Crippen LogP contribution >= 0.6 is 15.9 Å². The van der Waals surface area contributed by atoms with E-state index in [0.29, 0.717) is 0 Å². The molecule has 1 aromatic rings. The first-order valence-electron chi connectivity index (χ1n) is 4.56. The zero-order valence-corrected chi connectivity index (χ0v) is 10.5. The highest BCUT2D eigenvalue weighted by molar-refractivity contribution is 9.10. The number of halogens is 6. The fraction of sp³-hybridized carbons (Fsp3) is 0.333. The topological polar surface area (TPSA) is 52.4 Å². The van der Waals surface area contributed by atoms with E-state index in [-0.39, 0.29) is 15.9 Å². The Balaban J connectivity index is 2.82. The highest BCUT2D eigenvalue weighted by Crippen LogP contribution is 2.37. The van der Waals surface area contributed by atoms with Gasteiger partial charge in [0.05, 0.1) is 9.40 Å². The summed E-state index contributed by atoms with van der Waals surface area (Å²) in [6.45, 7) is -1.91. The third kappa shape index (κ3) is 3.75. The predicted octanol–water partition coefficient (Wildman–Crippen LogP) is 3.93. The lowest BCUT2D eigenvalue weighted by molar-refractivity contribution is -0.385. The monoisotopic (exact) mass is 349 g/mol. The van der Waals surface area contributed by atoms with Gasteiger partial charge in [-0.1, -0.05) is 0 Å². The molecule has 10 heteroatoms. The predicted molar refractivity (Wildman–Crippen MR) is 57.3 cm³/mol. The smallest absolute Gasteiger partial charge is 0.456 e. The lowest BCUT2D eigenvalue weighted by Gasteiger charge is -2.20. The van der Waals surface area contributed by atoms with Gasteiger partial charge >= 0.3 is 12.1 Å². The van der Waals surface area contributed by atoms with E-state index in [4.69, 9.17) is 0 Å². The highest BCUT2D eigenvalue weighted by atomic mass is 79.9. The minimum atomic E-state index is -5.72. The van der Waals surface area contributed by atoms with E-state index in [0.717, 1.165) is 18.2 Å². The molecule has 1 aromatic carbocycles. The Hall–Kier alpha value is -1.45. The summed E-state index contributed by atoms with van der Waals surface area (Å²) in [4.78, 5) is 9.64. The molecule has 0 N–H and O–H groups in total. The minimum Gasteiger partial charge on any atom is -0.486 e. The Labute approximate surface area is 111 Å². The third-order valence-electron chi connectivity index (χ3n) is 1.95. The SMILES string of the molecule is O=[N+]([O-])c1ccc(OCC(F)(F)C(F)(F)F)c(Br)c1. The highest BCUT2D eigenvalue weighted by Gasteiger charge is 2.58. The lowest BCUT2D eigenvalue weighted by Crippen LogP contribution is -2.41. The van der Waals surface area contributed by atoms with E-state index in [1.807, 2.05) is 0 Å². The number of benzene rings is 1. The van der Waals surface area contributed by atoms with Crippen molar-refractivity contribution in [3.63, 3.8) is 0 Å². The van der Waals surface area contributed by atoms with Crippen molar-refractivity contribution in [3.05, 3.63) is 32.8 Å². The maximum absolute atomic E-state index is 12.6. The minimum absolute atomic E-state index is 0.0975. The van der Waals surface area contributed by atoms with Crippen LogP contribution in [0.3, 0.4) is 0 Å². The molecule has 106 valence electrons. The van der Waals surface area contributed by atoms with Gasteiger partial charge in [0.2, 0.25) is 0 Å². The number of hydrogen-bond acceptors (Lipinski definition) is 3. The van der Waals surface area contributed by atoms with Crippen LogP contribution in [0, 0.1) is 10.1 Å². The average Bonchev–Trinajstić information content (AvgIpc) is 2.25. The Morgan fingerprint density at radius 1 is 1.26 bits per heavy atom. The molecule has 0 aromatic heterocycles. The molecular formula is C9H5BrF5NO3. The van der Waals surface area contributed by atoms with E-state index < -0.39 is 23.6 Å². The van der Waals surface area contributed by atoms with Crippen LogP contribution < -0.4 is 4.74 Å². The van der Waals surface area contributed by atoms with E-state index >= 15 is 0 Å². The van der Waals surface area contributed by atoms with Crippen molar-refractivity contribution in [1.82, 2.24) is 0 Å². The normalized spacial score (nSPS) is 12.3. The molecule has 0 unspecified atom stereocenters. The molecule has 0 spiro atoms. The van der Waals surface area contributed by atoms with Gasteiger partial charge in [-0.2, -0.15) is 22.0 Å². The summed E-state index contributed by atoms with van der Waals surface area (Å²) in [5.74, 6) is -5.36. The first-order valence-corrected chi connectivity index (χ1v) is 5.35. The summed E-state index contributed by atoms with van der Waals surface area (Å²) in [5, 5.41) is 10.4. The summed E-state index contributed by atoms with van der Waals surface area (Å²) in [5.41, 5.74) is -0.359. The first kappa shape index (κ1) is 15.6. The van der Waals surface area contributed by atoms with Gasteiger partial charge in [0, 0.05) is 12.1 Å². The van der Waals surface area contributed by atoms with Gasteiger partial charge in [0.25, 0.3) is 5.69 Å². The molecule has 0 fully saturated rings. The van der Waals surface area contributed by atoms with Gasteiger partial charge in [0.1, 0.15) is 5.75 Å². The van der Waals surface area contributed by atoms with Crippen LogP contribution in [-0.2, 0) is 0 Å². The third-order valence-corrected chi connectivity index (χ3v) is 2.57. The molecule has 0 saturated carbocycles. The van der Waals surface area contributed by atoms with E-state index in [2.05, 4.69) is 20.7 Å². The second-order valence-electron chi connectivity index (χ2n) is 3.36. The summed E-state index contributed by atoms with van der Waals surface area (Å²) in [7, 11) is 0. The zero-order chi connectivity index (χ0) is 14.8. The fourth-order valence-electron chi connectivity index (χ4n) is 0.971. The number of ether oxygens (including phenoxy) is 1. The van der Waals surface area contributed by atoms with Crippen LogP contribution in [0.15, 0.2) is 22.7 Å². The fourth-order valence-corrected chi connectivity index (χ4v) is 1.45. The molecule has 0 atom stereocenters. The largest absolute Gasteiger partial charge is 0.486 e. The van der Waals surface area contributed by atoms with Crippen LogP contribution in [0.4, 0.5) is 27.6 Å². The van der Waals surface area contributed by atoms with Crippen LogP contribution in [0.2, 0.25) is 0 Å². The summed E-state index contributed by atoms with van der Waals surface area (Å²) >= 11 is 2.78. The molecule has 0 aliphatic heterocycles. The molecule has 0 radical (unpaired) electrons. The quantitative estimate of drug-likeness (QED) is 0.470. The van der Waals surface area contributed by atoms with Crippen molar-refractivity contribution in [3.8, 4) is 5.75 Å². The number of alkyl halides is 5. The van der Waals surface area contributed by atoms with Crippen molar-refractivity contribution in [2.45, 2.75) is 12.1 Å². The van der Waals surface area contributed by atoms with Gasteiger partial charge in [0.15, 0.2) is 6.61 Å². The first-order chi connectivity index (χ1) is 8.54. The maximum atomic E-state index is 12.6. The summed E-state index contributed by atoms with van der Waals surface area (Å²) < 4.78 is 65.0. The van der Waals surface area contributed by atoms with E-state index in [9.17, 15) is 32.1 Å². The molecule has 0 amide bonds. The number of nitro groups is 1. The van der Waals surface area contributed by atoms with Crippen molar-refractivity contribution in [2.75, 3.05) is 6.61 Å². The van der Waals surface area contributed by atoms with Crippen molar-refractivity contribution in [1.29, 1.82) is 0 Å². The molecule has 0 saturated heterocycles. The number of non-ortho nitro benzene ring substituents is 1. The van der Waals surface area contributed by atoms with Gasteiger partial charge in [-0.15, -0.1) is 0 Å². The Bertz CT molecular complexity index is 491. The number of nitro benzene ring substituents is 1. The lowest BCUT2D eigenvalue weighted by atomic mass is 10.3. The summed E-state index contributed by atoms with van der Waals surface area (Å²) in [6, 6.07) is 2.78. The van der Waals surface area contributed by atoms with Gasteiger partial charge in [-0.25, -0.2) is 0 Å². The van der Waals surface area contributed by atoms with Crippen LogP contribution in [-0.4, -0.2) is 23.6 Å². The van der Waals surface area contributed by atoms with Crippen LogP contribution in [0.1, 0.15) is 0 Å². The Morgan fingerprint density at radius 3 is 2.26 bits per heavy atom. The van der Waals surface area contributed by atoms with Crippen LogP contribution in [0.5, 0.6) is 5.75 Å². The molecule has 0 bridgehead atoms. The van der Waals surface area contributed by atoms with Gasteiger partial charge in [-0.3, -0.25) is 10.1 Å². The molecule has 1 rings (SSSR count). The maximum Gasteiger partial charge on any atom is 0.456 e.